The SMILES string of the molecule is O=C(NCCCS(=O)(=O)N1CCc2ccccc2C1)c1cc(=O)c2ccccc2o1. The molecule has 156 valence electrons. The molecule has 0 saturated carbocycles. The van der Waals surface area contributed by atoms with Gasteiger partial charge in [-0.25, -0.2) is 8.42 Å². The van der Waals surface area contributed by atoms with E-state index < -0.39 is 15.9 Å². The molecule has 4 rings (SSSR count). The molecule has 1 aliphatic rings. The number of hydrogen-bond donors (Lipinski definition) is 1. The van der Waals surface area contributed by atoms with Gasteiger partial charge in [-0.15, -0.1) is 0 Å². The van der Waals surface area contributed by atoms with E-state index in [0.29, 0.717) is 30.5 Å². The molecule has 2 heterocycles. The van der Waals surface area contributed by atoms with Crippen LogP contribution in [0.3, 0.4) is 0 Å². The van der Waals surface area contributed by atoms with Crippen LogP contribution in [0.15, 0.2) is 63.8 Å². The zero-order chi connectivity index (χ0) is 21.1. The van der Waals surface area contributed by atoms with Crippen molar-refractivity contribution in [3.63, 3.8) is 0 Å². The summed E-state index contributed by atoms with van der Waals surface area (Å²) in [6.07, 6.45) is 0.969. The molecule has 30 heavy (non-hydrogen) atoms. The van der Waals surface area contributed by atoms with Gasteiger partial charge in [0, 0.05) is 25.7 Å². The van der Waals surface area contributed by atoms with Gasteiger partial charge in [0.2, 0.25) is 10.0 Å². The minimum Gasteiger partial charge on any atom is -0.451 e. The highest BCUT2D eigenvalue weighted by molar-refractivity contribution is 7.89. The predicted octanol–water partition coefficient (Wildman–Crippen LogP) is 2.30. The Hall–Kier alpha value is -2.97. The van der Waals surface area contributed by atoms with E-state index in [9.17, 15) is 18.0 Å². The summed E-state index contributed by atoms with van der Waals surface area (Å²) in [6.45, 7) is 1.01. The van der Waals surface area contributed by atoms with E-state index in [0.717, 1.165) is 11.6 Å². The number of fused-ring (bicyclic) bond motifs is 2. The largest absolute Gasteiger partial charge is 0.451 e. The van der Waals surface area contributed by atoms with Crippen molar-refractivity contribution in [1.82, 2.24) is 9.62 Å². The molecular weight excluding hydrogens is 404 g/mol. The number of rotatable bonds is 6. The Balaban J connectivity index is 1.32. The van der Waals surface area contributed by atoms with E-state index in [-0.39, 0.29) is 29.9 Å². The van der Waals surface area contributed by atoms with Gasteiger partial charge in [0.15, 0.2) is 11.2 Å². The van der Waals surface area contributed by atoms with Crippen LogP contribution in [-0.2, 0) is 23.0 Å². The van der Waals surface area contributed by atoms with Crippen LogP contribution in [-0.4, -0.2) is 37.5 Å². The summed E-state index contributed by atoms with van der Waals surface area (Å²) in [7, 11) is -3.42. The van der Waals surface area contributed by atoms with Crippen molar-refractivity contribution in [2.24, 2.45) is 0 Å². The summed E-state index contributed by atoms with van der Waals surface area (Å²) in [6, 6.07) is 15.7. The van der Waals surface area contributed by atoms with E-state index in [2.05, 4.69) is 5.32 Å². The Morgan fingerprint density at radius 1 is 1.07 bits per heavy atom. The number of hydrogen-bond acceptors (Lipinski definition) is 5. The van der Waals surface area contributed by atoms with Crippen molar-refractivity contribution in [3.8, 4) is 0 Å². The van der Waals surface area contributed by atoms with Gasteiger partial charge >= 0.3 is 0 Å². The standard InChI is InChI=1S/C22H22N2O5S/c25-19-14-21(29-20-9-4-3-8-18(19)20)22(26)23-11-5-13-30(27,28)24-12-10-16-6-1-2-7-17(16)15-24/h1-4,6-9,14H,5,10-13,15H2,(H,23,26). The summed E-state index contributed by atoms with van der Waals surface area (Å²) in [4.78, 5) is 24.4. The van der Waals surface area contributed by atoms with Crippen LogP contribution in [0.5, 0.6) is 0 Å². The average molecular weight is 426 g/mol. The first-order valence-corrected chi connectivity index (χ1v) is 11.4. The average Bonchev–Trinajstić information content (AvgIpc) is 2.76. The lowest BCUT2D eigenvalue weighted by Crippen LogP contribution is -2.38. The zero-order valence-corrected chi connectivity index (χ0v) is 17.2. The van der Waals surface area contributed by atoms with Crippen molar-refractivity contribution in [2.75, 3.05) is 18.8 Å². The van der Waals surface area contributed by atoms with Gasteiger partial charge in [-0.2, -0.15) is 4.31 Å². The molecule has 1 N–H and O–H groups in total. The fourth-order valence-electron chi connectivity index (χ4n) is 3.60. The first kappa shape index (κ1) is 20.3. The smallest absolute Gasteiger partial charge is 0.287 e. The van der Waals surface area contributed by atoms with Gasteiger partial charge in [-0.05, 0) is 36.1 Å². The Labute approximate surface area is 174 Å². The lowest BCUT2D eigenvalue weighted by molar-refractivity contribution is 0.0926. The minimum atomic E-state index is -3.42. The summed E-state index contributed by atoms with van der Waals surface area (Å²) >= 11 is 0. The minimum absolute atomic E-state index is 0.0584. The number of sulfonamides is 1. The Kier molecular flexibility index (Phi) is 5.69. The van der Waals surface area contributed by atoms with Crippen LogP contribution >= 0.6 is 0 Å². The molecule has 3 aromatic rings. The number of nitrogens with one attached hydrogen (secondary N) is 1. The highest BCUT2D eigenvalue weighted by Crippen LogP contribution is 2.21. The molecule has 1 aliphatic heterocycles. The van der Waals surface area contributed by atoms with Gasteiger partial charge in [-0.3, -0.25) is 9.59 Å². The summed E-state index contributed by atoms with van der Waals surface area (Å²) in [5.74, 6) is -0.687. The van der Waals surface area contributed by atoms with Crippen LogP contribution in [0.1, 0.15) is 28.1 Å². The van der Waals surface area contributed by atoms with Gasteiger partial charge in [0.1, 0.15) is 5.58 Å². The second-order valence-corrected chi connectivity index (χ2v) is 9.34. The number of para-hydroxylation sites is 1. The highest BCUT2D eigenvalue weighted by atomic mass is 32.2. The first-order chi connectivity index (χ1) is 14.4. The fourth-order valence-corrected chi connectivity index (χ4v) is 5.07. The van der Waals surface area contributed by atoms with Crippen LogP contribution < -0.4 is 10.7 Å². The molecule has 1 amide bonds. The second kappa shape index (κ2) is 8.41. The molecule has 0 bridgehead atoms. The van der Waals surface area contributed by atoms with Gasteiger partial charge in [-0.1, -0.05) is 36.4 Å². The third kappa shape index (κ3) is 4.29. The molecule has 7 nitrogen and oxygen atoms in total. The van der Waals surface area contributed by atoms with E-state index >= 15 is 0 Å². The van der Waals surface area contributed by atoms with E-state index in [1.165, 1.54) is 9.87 Å². The van der Waals surface area contributed by atoms with Crippen LogP contribution in [0.2, 0.25) is 0 Å². The first-order valence-electron chi connectivity index (χ1n) is 9.80. The molecular formula is C22H22N2O5S. The number of carbonyl (C=O) groups excluding carboxylic acids is 1. The number of carbonyl (C=O) groups is 1. The summed E-state index contributed by atoms with van der Waals surface area (Å²) in [5.41, 5.74) is 2.26. The Morgan fingerprint density at radius 3 is 2.63 bits per heavy atom. The van der Waals surface area contributed by atoms with Crippen molar-refractivity contribution in [3.05, 3.63) is 81.7 Å². The molecule has 0 unspecified atom stereocenters. The summed E-state index contributed by atoms with van der Waals surface area (Å²) in [5, 5.41) is 3.03. The molecule has 0 saturated heterocycles. The molecule has 0 radical (unpaired) electrons. The molecule has 0 atom stereocenters. The third-order valence-electron chi connectivity index (χ3n) is 5.21. The lowest BCUT2D eigenvalue weighted by atomic mass is 10.0. The van der Waals surface area contributed by atoms with Crippen LogP contribution in [0.4, 0.5) is 0 Å². The van der Waals surface area contributed by atoms with Crippen molar-refractivity contribution >= 4 is 26.9 Å². The molecule has 0 aliphatic carbocycles. The third-order valence-corrected chi connectivity index (χ3v) is 7.12. The lowest BCUT2D eigenvalue weighted by Gasteiger charge is -2.28. The van der Waals surface area contributed by atoms with Gasteiger partial charge in [0.25, 0.3) is 5.91 Å². The van der Waals surface area contributed by atoms with Crippen molar-refractivity contribution in [2.45, 2.75) is 19.4 Å². The number of amides is 1. The quantitative estimate of drug-likeness (QED) is 0.610. The Morgan fingerprint density at radius 2 is 1.80 bits per heavy atom. The maximum absolute atomic E-state index is 12.7. The fraction of sp³-hybridized carbons (Fsp3) is 0.273. The highest BCUT2D eigenvalue weighted by Gasteiger charge is 2.26. The van der Waals surface area contributed by atoms with E-state index in [1.807, 2.05) is 24.3 Å². The molecule has 0 spiro atoms. The Bertz CT molecular complexity index is 1250. The summed E-state index contributed by atoms with van der Waals surface area (Å²) < 4.78 is 32.3. The van der Waals surface area contributed by atoms with Crippen LogP contribution in [0.25, 0.3) is 11.0 Å². The molecule has 8 heteroatoms. The van der Waals surface area contributed by atoms with Crippen molar-refractivity contribution in [1.29, 1.82) is 0 Å². The van der Waals surface area contributed by atoms with E-state index in [1.54, 1.807) is 24.3 Å². The predicted molar refractivity (Wildman–Crippen MR) is 114 cm³/mol. The van der Waals surface area contributed by atoms with Gasteiger partial charge < -0.3 is 9.73 Å². The number of nitrogens with zero attached hydrogens (tertiary/aromatic N) is 1. The maximum Gasteiger partial charge on any atom is 0.287 e. The topological polar surface area (TPSA) is 96.7 Å². The van der Waals surface area contributed by atoms with E-state index in [4.69, 9.17) is 4.42 Å². The van der Waals surface area contributed by atoms with Crippen molar-refractivity contribution < 1.29 is 17.6 Å². The van der Waals surface area contributed by atoms with Crippen LogP contribution in [0, 0.1) is 0 Å². The number of benzene rings is 2. The molecule has 2 aromatic carbocycles. The maximum atomic E-state index is 12.7. The van der Waals surface area contributed by atoms with Gasteiger partial charge in [0.05, 0.1) is 11.1 Å². The normalized spacial score (nSPS) is 14.4. The zero-order valence-electron chi connectivity index (χ0n) is 16.3. The molecule has 1 aromatic heterocycles. The second-order valence-electron chi connectivity index (χ2n) is 7.25. The molecule has 0 fully saturated rings. The monoisotopic (exact) mass is 426 g/mol.